The van der Waals surface area contributed by atoms with Gasteiger partial charge in [0.05, 0.1) is 4.88 Å². The molecular formula is C16H17NO3S. The fourth-order valence-corrected chi connectivity index (χ4v) is 2.33. The number of benzene rings is 1. The SMILES string of the molecule is CC(C)CC(=O)Oc1ccc(NC(=O)c2cccs2)cc1. The molecule has 1 aromatic carbocycles. The molecule has 0 fully saturated rings. The van der Waals surface area contributed by atoms with E-state index >= 15 is 0 Å². The van der Waals surface area contributed by atoms with Gasteiger partial charge in [0, 0.05) is 12.1 Å². The van der Waals surface area contributed by atoms with Crippen molar-refractivity contribution in [3.05, 3.63) is 46.7 Å². The number of carbonyl (C=O) groups excluding carboxylic acids is 2. The average molecular weight is 303 g/mol. The van der Waals surface area contributed by atoms with Crippen LogP contribution in [0.25, 0.3) is 0 Å². The van der Waals surface area contributed by atoms with Crippen LogP contribution in [0.4, 0.5) is 5.69 Å². The van der Waals surface area contributed by atoms with Crippen molar-refractivity contribution >= 4 is 28.9 Å². The number of hydrogen-bond donors (Lipinski definition) is 1. The summed E-state index contributed by atoms with van der Waals surface area (Å²) < 4.78 is 5.21. The summed E-state index contributed by atoms with van der Waals surface area (Å²) in [6.07, 6.45) is 0.386. The van der Waals surface area contributed by atoms with Crippen molar-refractivity contribution in [2.75, 3.05) is 5.32 Å². The third-order valence-corrected chi connectivity index (χ3v) is 3.53. The van der Waals surface area contributed by atoms with Crippen molar-refractivity contribution in [3.8, 4) is 5.75 Å². The zero-order chi connectivity index (χ0) is 15.2. The number of anilines is 1. The van der Waals surface area contributed by atoms with E-state index in [2.05, 4.69) is 5.32 Å². The van der Waals surface area contributed by atoms with Gasteiger partial charge in [-0.15, -0.1) is 11.3 Å². The first kappa shape index (κ1) is 15.3. The highest BCUT2D eigenvalue weighted by Gasteiger charge is 2.09. The zero-order valence-electron chi connectivity index (χ0n) is 12.0. The summed E-state index contributed by atoms with van der Waals surface area (Å²) in [4.78, 5) is 24.1. The Bertz CT molecular complexity index is 603. The summed E-state index contributed by atoms with van der Waals surface area (Å²) in [5.41, 5.74) is 0.664. The molecule has 0 bridgehead atoms. The minimum Gasteiger partial charge on any atom is -0.427 e. The molecule has 0 aliphatic heterocycles. The Hall–Kier alpha value is -2.14. The maximum absolute atomic E-state index is 11.9. The number of rotatable bonds is 5. The van der Waals surface area contributed by atoms with Gasteiger partial charge in [-0.3, -0.25) is 9.59 Å². The van der Waals surface area contributed by atoms with E-state index in [1.807, 2.05) is 25.3 Å². The van der Waals surface area contributed by atoms with E-state index in [4.69, 9.17) is 4.74 Å². The number of amides is 1. The van der Waals surface area contributed by atoms with Crippen LogP contribution in [-0.4, -0.2) is 11.9 Å². The second kappa shape index (κ2) is 7.04. The summed E-state index contributed by atoms with van der Waals surface area (Å²) in [6.45, 7) is 3.93. The fourth-order valence-electron chi connectivity index (χ4n) is 1.71. The van der Waals surface area contributed by atoms with E-state index in [9.17, 15) is 9.59 Å². The van der Waals surface area contributed by atoms with Crippen LogP contribution in [0.15, 0.2) is 41.8 Å². The van der Waals surface area contributed by atoms with Crippen LogP contribution in [-0.2, 0) is 4.79 Å². The van der Waals surface area contributed by atoms with Crippen LogP contribution in [0, 0.1) is 5.92 Å². The minimum absolute atomic E-state index is 0.144. The first-order valence-corrected chi connectivity index (χ1v) is 7.58. The highest BCUT2D eigenvalue weighted by Crippen LogP contribution is 2.18. The lowest BCUT2D eigenvalue weighted by atomic mass is 10.1. The summed E-state index contributed by atoms with van der Waals surface area (Å²) in [6, 6.07) is 10.4. The molecule has 110 valence electrons. The van der Waals surface area contributed by atoms with E-state index in [-0.39, 0.29) is 17.8 Å². The largest absolute Gasteiger partial charge is 0.427 e. The summed E-state index contributed by atoms with van der Waals surface area (Å²) in [5.74, 6) is 0.353. The smallest absolute Gasteiger partial charge is 0.311 e. The van der Waals surface area contributed by atoms with Gasteiger partial charge < -0.3 is 10.1 Å². The molecule has 2 aromatic rings. The summed E-state index contributed by atoms with van der Waals surface area (Å²) in [7, 11) is 0. The number of ether oxygens (including phenoxy) is 1. The highest BCUT2D eigenvalue weighted by molar-refractivity contribution is 7.12. The molecule has 0 saturated carbocycles. The Balaban J connectivity index is 1.93. The third-order valence-electron chi connectivity index (χ3n) is 2.66. The van der Waals surface area contributed by atoms with Crippen LogP contribution in [0.2, 0.25) is 0 Å². The van der Waals surface area contributed by atoms with Crippen LogP contribution < -0.4 is 10.1 Å². The summed E-state index contributed by atoms with van der Waals surface area (Å²) in [5, 5.41) is 4.64. The van der Waals surface area contributed by atoms with Crippen LogP contribution in [0.1, 0.15) is 29.9 Å². The lowest BCUT2D eigenvalue weighted by Crippen LogP contribution is -2.11. The molecule has 0 saturated heterocycles. The number of thiophene rings is 1. The zero-order valence-corrected chi connectivity index (χ0v) is 12.8. The maximum atomic E-state index is 11.9. The molecule has 21 heavy (non-hydrogen) atoms. The molecule has 0 radical (unpaired) electrons. The van der Waals surface area contributed by atoms with Gasteiger partial charge in [-0.25, -0.2) is 0 Å². The standard InChI is InChI=1S/C16H17NO3S/c1-11(2)10-15(18)20-13-7-5-12(6-8-13)17-16(19)14-4-3-9-21-14/h3-9,11H,10H2,1-2H3,(H,17,19). The van der Waals surface area contributed by atoms with Gasteiger partial charge in [0.25, 0.3) is 5.91 Å². The Kier molecular flexibility index (Phi) is 5.11. The van der Waals surface area contributed by atoms with Crippen LogP contribution in [0.3, 0.4) is 0 Å². The van der Waals surface area contributed by atoms with Gasteiger partial charge in [-0.1, -0.05) is 19.9 Å². The molecule has 0 atom stereocenters. The van der Waals surface area contributed by atoms with Crippen LogP contribution in [0.5, 0.6) is 5.75 Å². The normalized spacial score (nSPS) is 10.4. The van der Waals surface area contributed by atoms with Gasteiger partial charge in [0.1, 0.15) is 5.75 Å². The monoisotopic (exact) mass is 303 g/mol. The van der Waals surface area contributed by atoms with Gasteiger partial charge in [-0.05, 0) is 41.6 Å². The lowest BCUT2D eigenvalue weighted by Gasteiger charge is -2.07. The van der Waals surface area contributed by atoms with E-state index in [0.717, 1.165) is 0 Å². The fraction of sp³-hybridized carbons (Fsp3) is 0.250. The van der Waals surface area contributed by atoms with Crippen molar-refractivity contribution in [1.29, 1.82) is 0 Å². The maximum Gasteiger partial charge on any atom is 0.311 e. The molecule has 1 heterocycles. The third kappa shape index (κ3) is 4.72. The number of carbonyl (C=O) groups is 2. The molecular weight excluding hydrogens is 286 g/mol. The van der Waals surface area contributed by atoms with E-state index in [0.29, 0.717) is 22.7 Å². The second-order valence-electron chi connectivity index (χ2n) is 5.03. The van der Waals surface area contributed by atoms with Gasteiger partial charge in [-0.2, -0.15) is 0 Å². The van der Waals surface area contributed by atoms with Gasteiger partial charge in [0.2, 0.25) is 0 Å². The predicted octanol–water partition coefficient (Wildman–Crippen LogP) is 3.95. The van der Waals surface area contributed by atoms with Gasteiger partial charge in [0.15, 0.2) is 0 Å². The Morgan fingerprint density at radius 1 is 1.19 bits per heavy atom. The lowest BCUT2D eigenvalue weighted by molar-refractivity contribution is -0.135. The molecule has 0 spiro atoms. The Labute approximate surface area is 127 Å². The molecule has 1 amide bonds. The van der Waals surface area contributed by atoms with E-state index < -0.39 is 0 Å². The molecule has 1 aromatic heterocycles. The van der Waals surface area contributed by atoms with Crippen molar-refractivity contribution in [3.63, 3.8) is 0 Å². The number of hydrogen-bond acceptors (Lipinski definition) is 4. The quantitative estimate of drug-likeness (QED) is 0.672. The summed E-state index contributed by atoms with van der Waals surface area (Å²) >= 11 is 1.39. The van der Waals surface area contributed by atoms with E-state index in [1.54, 1.807) is 30.3 Å². The Morgan fingerprint density at radius 3 is 2.48 bits per heavy atom. The first-order chi connectivity index (χ1) is 10.0. The first-order valence-electron chi connectivity index (χ1n) is 6.70. The minimum atomic E-state index is -0.250. The van der Waals surface area contributed by atoms with E-state index in [1.165, 1.54) is 11.3 Å². The second-order valence-corrected chi connectivity index (χ2v) is 5.98. The topological polar surface area (TPSA) is 55.4 Å². The Morgan fingerprint density at radius 2 is 1.90 bits per heavy atom. The molecule has 1 N–H and O–H groups in total. The molecule has 4 nitrogen and oxygen atoms in total. The van der Waals surface area contributed by atoms with Crippen molar-refractivity contribution in [2.24, 2.45) is 5.92 Å². The highest BCUT2D eigenvalue weighted by atomic mass is 32.1. The van der Waals surface area contributed by atoms with Crippen molar-refractivity contribution in [2.45, 2.75) is 20.3 Å². The molecule has 2 rings (SSSR count). The number of esters is 1. The predicted molar refractivity (Wildman–Crippen MR) is 83.8 cm³/mol. The average Bonchev–Trinajstić information content (AvgIpc) is 2.94. The molecule has 0 aliphatic rings. The molecule has 0 aliphatic carbocycles. The molecule has 5 heteroatoms. The van der Waals surface area contributed by atoms with Crippen LogP contribution >= 0.6 is 11.3 Å². The number of nitrogens with one attached hydrogen (secondary N) is 1. The molecule has 0 unspecified atom stereocenters. The van der Waals surface area contributed by atoms with Crippen molar-refractivity contribution in [1.82, 2.24) is 0 Å². The van der Waals surface area contributed by atoms with Gasteiger partial charge >= 0.3 is 5.97 Å². The van der Waals surface area contributed by atoms with Crippen molar-refractivity contribution < 1.29 is 14.3 Å².